The second-order valence-corrected chi connectivity index (χ2v) is 3.58. The van der Waals surface area contributed by atoms with Crippen molar-refractivity contribution in [3.8, 4) is 11.8 Å². The Balaban J connectivity index is 3.34. The molecule has 3 nitrogen and oxygen atoms in total. The fraction of sp³-hybridized carbons (Fsp3) is 0.182. The van der Waals surface area contributed by atoms with Crippen LogP contribution in [0.15, 0.2) is 12.1 Å². The minimum Gasteiger partial charge on any atom is -0.478 e. The molecule has 1 aromatic rings. The molecule has 0 aliphatic carbocycles. The number of hydrogen-bond acceptors (Lipinski definition) is 2. The first-order valence-corrected chi connectivity index (χ1v) is 5.36. The van der Waals surface area contributed by atoms with Crippen LogP contribution in [0.2, 0.25) is 0 Å². The quantitative estimate of drug-likeness (QED) is 0.465. The molecule has 0 heterocycles. The van der Waals surface area contributed by atoms with Gasteiger partial charge in [0.05, 0.1) is 16.6 Å². The summed E-state index contributed by atoms with van der Waals surface area (Å²) in [5, 5.41) is 9.43. The molecule has 0 aromatic heterocycles. The Labute approximate surface area is 96.4 Å². The first-order chi connectivity index (χ1) is 7.06. The van der Waals surface area contributed by atoms with E-state index in [9.17, 15) is 4.79 Å². The van der Waals surface area contributed by atoms with Crippen LogP contribution >= 0.6 is 15.9 Å². The zero-order valence-electron chi connectivity index (χ0n) is 8.17. The van der Waals surface area contributed by atoms with E-state index in [1.807, 2.05) is 6.92 Å². The number of carboxylic acids is 1. The molecule has 0 fully saturated rings. The van der Waals surface area contributed by atoms with Crippen molar-refractivity contribution in [2.45, 2.75) is 6.92 Å². The van der Waals surface area contributed by atoms with Crippen molar-refractivity contribution < 1.29 is 9.90 Å². The number of aryl methyl sites for hydroxylation is 1. The fourth-order valence-electron chi connectivity index (χ4n) is 1.21. The van der Waals surface area contributed by atoms with Gasteiger partial charge in [0, 0.05) is 5.56 Å². The Bertz CT molecular complexity index is 458. The summed E-state index contributed by atoms with van der Waals surface area (Å²) in [5.41, 5.74) is 7.42. The van der Waals surface area contributed by atoms with Gasteiger partial charge >= 0.3 is 5.97 Å². The lowest BCUT2D eigenvalue weighted by Gasteiger charge is -2.05. The zero-order chi connectivity index (χ0) is 11.4. The van der Waals surface area contributed by atoms with Crippen molar-refractivity contribution in [1.29, 1.82) is 0 Å². The molecule has 0 aliphatic heterocycles. The SMILES string of the molecule is Cc1cc(C#CCBr)c(N)c(C(=O)O)c1. The van der Waals surface area contributed by atoms with Crippen LogP contribution in [-0.2, 0) is 0 Å². The van der Waals surface area contributed by atoms with Crippen LogP contribution in [0.3, 0.4) is 0 Å². The molecule has 0 spiro atoms. The third kappa shape index (κ3) is 2.74. The van der Waals surface area contributed by atoms with Gasteiger partial charge < -0.3 is 10.8 Å². The van der Waals surface area contributed by atoms with E-state index in [0.29, 0.717) is 10.9 Å². The van der Waals surface area contributed by atoms with Gasteiger partial charge in [-0.15, -0.1) is 0 Å². The van der Waals surface area contributed by atoms with Gasteiger partial charge in [0.2, 0.25) is 0 Å². The summed E-state index contributed by atoms with van der Waals surface area (Å²) in [5.74, 6) is 4.58. The smallest absolute Gasteiger partial charge is 0.337 e. The van der Waals surface area contributed by atoms with Gasteiger partial charge in [0.25, 0.3) is 0 Å². The number of alkyl halides is 1. The number of hydrogen-bond donors (Lipinski definition) is 2. The molecular formula is C11H10BrNO2. The second kappa shape index (κ2) is 4.85. The number of rotatable bonds is 1. The number of halogens is 1. The van der Waals surface area contributed by atoms with E-state index < -0.39 is 5.97 Å². The Morgan fingerprint density at radius 1 is 1.60 bits per heavy atom. The summed E-state index contributed by atoms with van der Waals surface area (Å²) in [6.45, 7) is 1.81. The average molecular weight is 268 g/mol. The van der Waals surface area contributed by atoms with E-state index in [2.05, 4.69) is 27.8 Å². The van der Waals surface area contributed by atoms with Gasteiger partial charge in [-0.25, -0.2) is 4.79 Å². The number of anilines is 1. The molecule has 3 N–H and O–H groups in total. The molecule has 1 aromatic carbocycles. The van der Waals surface area contributed by atoms with Gasteiger partial charge in [0.15, 0.2) is 0 Å². The third-order valence-electron chi connectivity index (χ3n) is 1.84. The molecule has 78 valence electrons. The molecule has 0 bridgehead atoms. The van der Waals surface area contributed by atoms with E-state index in [1.54, 1.807) is 6.07 Å². The third-order valence-corrected chi connectivity index (χ3v) is 2.13. The lowest BCUT2D eigenvalue weighted by atomic mass is 10.0. The minimum absolute atomic E-state index is 0.105. The number of nitrogen functional groups attached to an aromatic ring is 1. The zero-order valence-corrected chi connectivity index (χ0v) is 9.76. The Morgan fingerprint density at radius 3 is 2.80 bits per heavy atom. The molecule has 0 saturated heterocycles. The first kappa shape index (κ1) is 11.6. The van der Waals surface area contributed by atoms with Crippen LogP contribution < -0.4 is 5.73 Å². The maximum Gasteiger partial charge on any atom is 0.337 e. The van der Waals surface area contributed by atoms with E-state index in [4.69, 9.17) is 10.8 Å². The van der Waals surface area contributed by atoms with Crippen LogP contribution in [-0.4, -0.2) is 16.4 Å². The normalized spacial score (nSPS) is 9.20. The largest absolute Gasteiger partial charge is 0.478 e. The molecular weight excluding hydrogens is 258 g/mol. The standard InChI is InChI=1S/C11H10BrNO2/c1-7-5-8(3-2-4-12)10(13)9(6-7)11(14)15/h5-6H,4,13H2,1H3,(H,14,15). The molecule has 15 heavy (non-hydrogen) atoms. The van der Waals surface area contributed by atoms with Gasteiger partial charge in [-0.05, 0) is 24.6 Å². The predicted octanol–water partition coefficient (Wildman–Crippen LogP) is 2.02. The van der Waals surface area contributed by atoms with Crippen LogP contribution in [0.5, 0.6) is 0 Å². The minimum atomic E-state index is -1.03. The molecule has 0 aliphatic rings. The van der Waals surface area contributed by atoms with Gasteiger partial charge in [-0.1, -0.05) is 27.8 Å². The lowest BCUT2D eigenvalue weighted by molar-refractivity contribution is 0.0698. The Kier molecular flexibility index (Phi) is 3.75. The summed E-state index contributed by atoms with van der Waals surface area (Å²) in [4.78, 5) is 10.9. The summed E-state index contributed by atoms with van der Waals surface area (Å²) in [7, 11) is 0. The van der Waals surface area contributed by atoms with E-state index in [-0.39, 0.29) is 11.3 Å². The van der Waals surface area contributed by atoms with Crippen molar-refractivity contribution in [1.82, 2.24) is 0 Å². The molecule has 0 unspecified atom stereocenters. The highest BCUT2D eigenvalue weighted by Crippen LogP contribution is 2.19. The van der Waals surface area contributed by atoms with E-state index in [1.165, 1.54) is 6.07 Å². The Morgan fingerprint density at radius 2 is 2.27 bits per heavy atom. The topological polar surface area (TPSA) is 63.3 Å². The number of nitrogens with two attached hydrogens (primary N) is 1. The maximum absolute atomic E-state index is 10.9. The highest BCUT2D eigenvalue weighted by atomic mass is 79.9. The molecule has 4 heteroatoms. The average Bonchev–Trinajstić information content (AvgIpc) is 2.18. The van der Waals surface area contributed by atoms with Crippen molar-refractivity contribution in [2.24, 2.45) is 0 Å². The summed E-state index contributed by atoms with van der Waals surface area (Å²) in [6, 6.07) is 3.31. The van der Waals surface area contributed by atoms with Crippen LogP contribution in [0.1, 0.15) is 21.5 Å². The van der Waals surface area contributed by atoms with Crippen molar-refractivity contribution in [2.75, 3.05) is 11.1 Å². The summed E-state index contributed by atoms with van der Waals surface area (Å²) in [6.07, 6.45) is 0. The monoisotopic (exact) mass is 267 g/mol. The first-order valence-electron chi connectivity index (χ1n) is 4.24. The van der Waals surface area contributed by atoms with Crippen LogP contribution in [0.25, 0.3) is 0 Å². The predicted molar refractivity (Wildman–Crippen MR) is 63.2 cm³/mol. The fourth-order valence-corrected chi connectivity index (χ4v) is 1.35. The molecule has 0 amide bonds. The summed E-state index contributed by atoms with van der Waals surface area (Å²) < 4.78 is 0. The molecule has 0 saturated carbocycles. The van der Waals surface area contributed by atoms with Crippen LogP contribution in [0.4, 0.5) is 5.69 Å². The van der Waals surface area contributed by atoms with Gasteiger partial charge in [-0.3, -0.25) is 0 Å². The highest BCUT2D eigenvalue weighted by molar-refractivity contribution is 9.09. The van der Waals surface area contributed by atoms with Gasteiger partial charge in [0.1, 0.15) is 0 Å². The van der Waals surface area contributed by atoms with Gasteiger partial charge in [-0.2, -0.15) is 0 Å². The molecule has 1 rings (SSSR count). The maximum atomic E-state index is 10.9. The number of benzene rings is 1. The van der Waals surface area contributed by atoms with Crippen molar-refractivity contribution in [3.63, 3.8) is 0 Å². The lowest BCUT2D eigenvalue weighted by Crippen LogP contribution is -2.05. The van der Waals surface area contributed by atoms with E-state index in [0.717, 1.165) is 5.56 Å². The molecule has 0 atom stereocenters. The summed E-state index contributed by atoms with van der Waals surface area (Å²) >= 11 is 3.17. The number of carbonyl (C=O) groups is 1. The number of carboxylic acid groups (broad SMARTS) is 1. The van der Waals surface area contributed by atoms with Crippen molar-refractivity contribution in [3.05, 3.63) is 28.8 Å². The van der Waals surface area contributed by atoms with Crippen molar-refractivity contribution >= 4 is 27.6 Å². The van der Waals surface area contributed by atoms with Crippen LogP contribution in [0, 0.1) is 18.8 Å². The number of aromatic carboxylic acids is 1. The van der Waals surface area contributed by atoms with E-state index >= 15 is 0 Å². The Hall–Kier alpha value is -1.47. The second-order valence-electron chi connectivity index (χ2n) is 3.01. The highest BCUT2D eigenvalue weighted by Gasteiger charge is 2.11. The molecule has 0 radical (unpaired) electrons.